The molecule has 0 amide bonds. The Morgan fingerprint density at radius 3 is 1.61 bits per heavy atom. The van der Waals surface area contributed by atoms with Crippen LogP contribution in [0.15, 0.2) is 78.9 Å². The van der Waals surface area contributed by atoms with Crippen molar-refractivity contribution in [2.75, 3.05) is 34.4 Å². The number of nitrogens with zero attached hydrogens (tertiary/aromatic N) is 2. The maximum Gasteiger partial charge on any atom is 0.306 e. The standard InChI is InChI=1S/C26H28N2O4.C7H10O7/c1-27(2)18-7-19-32-24-16-12-21(13-17-24)25(20-10-14-23(31-3)15-11-20)26(28(29)30)22-8-5-4-6-9-22;8-4(9)1-7(14,2-5(10)11)3-6(12)13/h4-6,8-17H,7,18-19H2,1-3H3;14H,1-3H2,(H,8,9)(H,10,11)(H,12,13). The van der Waals surface area contributed by atoms with Crippen LogP contribution in [0.4, 0.5) is 0 Å². The minimum atomic E-state index is -2.23. The number of hydrogen-bond donors (Lipinski definition) is 4. The Kier molecular flexibility index (Phi) is 14.4. The summed E-state index contributed by atoms with van der Waals surface area (Å²) in [6.45, 7) is 1.56. The number of carboxylic acid groups (broad SMARTS) is 3. The maximum atomic E-state index is 12.2. The zero-order chi connectivity index (χ0) is 34.3. The third kappa shape index (κ3) is 12.4. The van der Waals surface area contributed by atoms with Gasteiger partial charge in [0.25, 0.3) is 5.70 Å². The summed E-state index contributed by atoms with van der Waals surface area (Å²) in [5, 5.41) is 46.6. The first kappa shape index (κ1) is 36.9. The van der Waals surface area contributed by atoms with Crippen molar-refractivity contribution < 1.29 is 49.2 Å². The van der Waals surface area contributed by atoms with Crippen molar-refractivity contribution in [3.8, 4) is 11.5 Å². The molecule has 0 radical (unpaired) electrons. The molecule has 13 nitrogen and oxygen atoms in total. The second kappa shape index (κ2) is 17.9. The van der Waals surface area contributed by atoms with Crippen LogP contribution in [0.5, 0.6) is 11.5 Å². The third-order valence-corrected chi connectivity index (χ3v) is 6.45. The van der Waals surface area contributed by atoms with Gasteiger partial charge in [0.1, 0.15) is 11.5 Å². The molecule has 0 atom stereocenters. The number of ether oxygens (including phenoxy) is 2. The fourth-order valence-corrected chi connectivity index (χ4v) is 4.46. The molecule has 13 heteroatoms. The molecule has 0 unspecified atom stereocenters. The van der Waals surface area contributed by atoms with Gasteiger partial charge in [-0.2, -0.15) is 0 Å². The van der Waals surface area contributed by atoms with E-state index < -0.39 is 42.8 Å². The SMILES string of the molecule is COc1ccc(C(=C(c2ccccc2)[N+](=O)[O-])c2ccc(OCCCN(C)C)cc2)cc1.O=C(O)CC(O)(CC(=O)O)CC(=O)O. The lowest BCUT2D eigenvalue weighted by molar-refractivity contribution is -0.374. The van der Waals surface area contributed by atoms with Gasteiger partial charge >= 0.3 is 17.9 Å². The zero-order valence-corrected chi connectivity index (χ0v) is 25.8. The molecule has 4 N–H and O–H groups in total. The van der Waals surface area contributed by atoms with E-state index in [1.807, 2.05) is 56.6 Å². The van der Waals surface area contributed by atoms with Crippen molar-refractivity contribution in [3.05, 3.63) is 106 Å². The van der Waals surface area contributed by atoms with Crippen LogP contribution in [0.3, 0.4) is 0 Å². The van der Waals surface area contributed by atoms with Crippen molar-refractivity contribution in [2.45, 2.75) is 31.3 Å². The van der Waals surface area contributed by atoms with Crippen molar-refractivity contribution >= 4 is 29.2 Å². The number of hydrogen-bond acceptors (Lipinski definition) is 9. The molecule has 0 aliphatic carbocycles. The molecule has 0 fully saturated rings. The number of rotatable bonds is 16. The molecule has 0 aliphatic rings. The Morgan fingerprint density at radius 2 is 1.22 bits per heavy atom. The number of carbonyl (C=O) groups is 3. The molecular formula is C33H38N2O11. The van der Waals surface area contributed by atoms with E-state index in [9.17, 15) is 29.6 Å². The molecule has 246 valence electrons. The van der Waals surface area contributed by atoms with Crippen molar-refractivity contribution in [2.24, 2.45) is 0 Å². The first-order valence-electron chi connectivity index (χ1n) is 14.1. The van der Waals surface area contributed by atoms with Gasteiger partial charge < -0.3 is 34.8 Å². The number of carboxylic acids is 3. The van der Waals surface area contributed by atoms with E-state index in [0.717, 1.165) is 29.8 Å². The molecule has 3 rings (SSSR count). The van der Waals surface area contributed by atoms with E-state index in [1.165, 1.54) is 0 Å². The summed E-state index contributed by atoms with van der Waals surface area (Å²) in [5.74, 6) is -2.92. The van der Waals surface area contributed by atoms with E-state index in [2.05, 4.69) is 4.90 Å². The molecule has 3 aromatic rings. The highest BCUT2D eigenvalue weighted by atomic mass is 16.6. The van der Waals surface area contributed by atoms with Gasteiger partial charge in [0.05, 0.1) is 54.6 Å². The summed E-state index contributed by atoms with van der Waals surface area (Å²) in [4.78, 5) is 44.7. The summed E-state index contributed by atoms with van der Waals surface area (Å²) in [6, 6.07) is 23.7. The van der Waals surface area contributed by atoms with Gasteiger partial charge in [0, 0.05) is 6.54 Å². The molecule has 0 bridgehead atoms. The number of aliphatic hydroxyl groups is 1. The van der Waals surface area contributed by atoms with Gasteiger partial charge in [0.2, 0.25) is 0 Å². The van der Waals surface area contributed by atoms with Crippen LogP contribution < -0.4 is 9.47 Å². The predicted octanol–water partition coefficient (Wildman–Crippen LogP) is 4.36. The fourth-order valence-electron chi connectivity index (χ4n) is 4.46. The lowest BCUT2D eigenvalue weighted by atomic mass is 9.92. The van der Waals surface area contributed by atoms with Gasteiger partial charge in [-0.1, -0.05) is 42.5 Å². The monoisotopic (exact) mass is 638 g/mol. The lowest BCUT2D eigenvalue weighted by Crippen LogP contribution is -2.36. The highest BCUT2D eigenvalue weighted by Crippen LogP contribution is 2.34. The highest BCUT2D eigenvalue weighted by molar-refractivity contribution is 5.95. The minimum Gasteiger partial charge on any atom is -0.497 e. The van der Waals surface area contributed by atoms with Crippen molar-refractivity contribution in [1.82, 2.24) is 4.90 Å². The van der Waals surface area contributed by atoms with E-state index in [-0.39, 0.29) is 10.6 Å². The average Bonchev–Trinajstić information content (AvgIpc) is 2.97. The fraction of sp³-hybridized carbons (Fsp3) is 0.303. The Balaban J connectivity index is 0.000000444. The lowest BCUT2D eigenvalue weighted by Gasteiger charge is -2.21. The number of benzene rings is 3. The summed E-state index contributed by atoms with van der Waals surface area (Å²) in [6.07, 6.45) is -1.81. The highest BCUT2D eigenvalue weighted by Gasteiger charge is 2.35. The molecule has 0 heterocycles. The van der Waals surface area contributed by atoms with E-state index in [1.54, 1.807) is 43.5 Å². The third-order valence-electron chi connectivity index (χ3n) is 6.45. The summed E-state index contributed by atoms with van der Waals surface area (Å²) in [5.41, 5.74) is 0.391. The average molecular weight is 639 g/mol. The van der Waals surface area contributed by atoms with Crippen LogP contribution in [-0.2, 0) is 14.4 Å². The molecule has 0 saturated carbocycles. The number of aliphatic carboxylic acids is 3. The van der Waals surface area contributed by atoms with Gasteiger partial charge in [-0.25, -0.2) is 0 Å². The first-order chi connectivity index (χ1) is 21.7. The largest absolute Gasteiger partial charge is 0.497 e. The van der Waals surface area contributed by atoms with Crippen LogP contribution >= 0.6 is 0 Å². The van der Waals surface area contributed by atoms with Gasteiger partial charge in [0.15, 0.2) is 0 Å². The van der Waals surface area contributed by atoms with Crippen LogP contribution in [-0.4, -0.2) is 88.1 Å². The van der Waals surface area contributed by atoms with Gasteiger partial charge in [-0.3, -0.25) is 24.5 Å². The number of nitro groups is 1. The Hall–Kier alpha value is -5.27. The van der Waals surface area contributed by atoms with E-state index in [0.29, 0.717) is 23.5 Å². The van der Waals surface area contributed by atoms with Crippen LogP contribution in [0.2, 0.25) is 0 Å². The second-order valence-electron chi connectivity index (χ2n) is 10.5. The normalized spacial score (nSPS) is 11.5. The Labute approximate surface area is 266 Å². The first-order valence-corrected chi connectivity index (χ1v) is 14.1. The van der Waals surface area contributed by atoms with Crippen molar-refractivity contribution in [3.63, 3.8) is 0 Å². The second-order valence-corrected chi connectivity index (χ2v) is 10.5. The molecule has 3 aromatic carbocycles. The van der Waals surface area contributed by atoms with Crippen LogP contribution in [0.1, 0.15) is 42.4 Å². The molecule has 0 aliphatic heterocycles. The molecule has 0 aromatic heterocycles. The maximum absolute atomic E-state index is 12.2. The summed E-state index contributed by atoms with van der Waals surface area (Å²) in [7, 11) is 5.65. The van der Waals surface area contributed by atoms with Gasteiger partial charge in [-0.05, 0) is 68.0 Å². The number of methoxy groups -OCH3 is 1. The summed E-state index contributed by atoms with van der Waals surface area (Å²) < 4.78 is 11.1. The summed E-state index contributed by atoms with van der Waals surface area (Å²) >= 11 is 0. The topological polar surface area (TPSA) is 197 Å². The predicted molar refractivity (Wildman–Crippen MR) is 169 cm³/mol. The zero-order valence-electron chi connectivity index (χ0n) is 25.8. The quantitative estimate of drug-likeness (QED) is 0.0750. The smallest absolute Gasteiger partial charge is 0.306 e. The van der Waals surface area contributed by atoms with E-state index in [4.69, 9.17) is 24.8 Å². The van der Waals surface area contributed by atoms with Crippen molar-refractivity contribution in [1.29, 1.82) is 0 Å². The van der Waals surface area contributed by atoms with Crippen LogP contribution in [0.25, 0.3) is 11.3 Å². The Morgan fingerprint density at radius 1 is 0.761 bits per heavy atom. The molecular weight excluding hydrogens is 600 g/mol. The minimum absolute atomic E-state index is 0.0513. The Bertz CT molecular complexity index is 1450. The van der Waals surface area contributed by atoms with E-state index >= 15 is 0 Å². The van der Waals surface area contributed by atoms with Gasteiger partial charge in [-0.15, -0.1) is 0 Å². The molecule has 0 spiro atoms. The molecule has 46 heavy (non-hydrogen) atoms. The molecule has 0 saturated heterocycles. The van der Waals surface area contributed by atoms with Crippen LogP contribution in [0, 0.1) is 10.1 Å².